The SMILES string of the molecule is CN(C)CCCN(C(=O)CCCS(=O)(=O)c1ccccc1)c1nc2ccc(Br)cc2s1. The highest BCUT2D eigenvalue weighted by molar-refractivity contribution is 9.10. The lowest BCUT2D eigenvalue weighted by atomic mass is 10.3. The van der Waals surface area contributed by atoms with Crippen LogP contribution in [0.1, 0.15) is 19.3 Å². The van der Waals surface area contributed by atoms with E-state index in [2.05, 4.69) is 25.8 Å². The maximum Gasteiger partial charge on any atom is 0.228 e. The van der Waals surface area contributed by atoms with Crippen LogP contribution in [-0.4, -0.2) is 57.1 Å². The van der Waals surface area contributed by atoms with E-state index in [1.165, 1.54) is 11.3 Å². The van der Waals surface area contributed by atoms with Gasteiger partial charge in [-0.2, -0.15) is 0 Å². The van der Waals surface area contributed by atoms with Crippen molar-refractivity contribution in [3.63, 3.8) is 0 Å². The fourth-order valence-electron chi connectivity index (χ4n) is 3.17. The second-order valence-electron chi connectivity index (χ2n) is 7.55. The maximum atomic E-state index is 13.1. The Morgan fingerprint density at radius 1 is 1.06 bits per heavy atom. The van der Waals surface area contributed by atoms with Crippen LogP contribution in [0.3, 0.4) is 0 Å². The molecule has 3 rings (SSSR count). The Hall–Kier alpha value is -1.81. The van der Waals surface area contributed by atoms with Gasteiger partial charge in [0, 0.05) is 17.4 Å². The van der Waals surface area contributed by atoms with Crippen molar-refractivity contribution in [2.24, 2.45) is 0 Å². The van der Waals surface area contributed by atoms with Crippen molar-refractivity contribution in [1.29, 1.82) is 0 Å². The van der Waals surface area contributed by atoms with E-state index in [0.29, 0.717) is 16.6 Å². The summed E-state index contributed by atoms with van der Waals surface area (Å²) in [7, 11) is 0.596. The van der Waals surface area contributed by atoms with Gasteiger partial charge in [0.2, 0.25) is 5.91 Å². The molecule has 0 aliphatic rings. The molecule has 0 saturated heterocycles. The predicted octanol–water partition coefficient (Wildman–Crippen LogP) is 4.60. The number of amides is 1. The minimum atomic E-state index is -3.40. The highest BCUT2D eigenvalue weighted by Crippen LogP contribution is 2.31. The van der Waals surface area contributed by atoms with Crippen LogP contribution >= 0.6 is 27.3 Å². The highest BCUT2D eigenvalue weighted by atomic mass is 79.9. The molecule has 0 atom stereocenters. The molecule has 0 aliphatic heterocycles. The minimum absolute atomic E-state index is 0.0545. The number of carbonyl (C=O) groups excluding carboxylic acids is 1. The van der Waals surface area contributed by atoms with Gasteiger partial charge in [-0.15, -0.1) is 0 Å². The summed E-state index contributed by atoms with van der Waals surface area (Å²) in [6, 6.07) is 14.2. The third-order valence-electron chi connectivity index (χ3n) is 4.76. The zero-order chi connectivity index (χ0) is 22.4. The van der Waals surface area contributed by atoms with Crippen LogP contribution in [0.2, 0.25) is 0 Å². The first kappa shape index (κ1) is 23.8. The first-order valence-electron chi connectivity index (χ1n) is 10.1. The number of aromatic nitrogens is 1. The number of sulfone groups is 1. The molecule has 0 fully saturated rings. The summed E-state index contributed by atoms with van der Waals surface area (Å²) in [6.07, 6.45) is 1.24. The van der Waals surface area contributed by atoms with E-state index in [0.717, 1.165) is 27.7 Å². The van der Waals surface area contributed by atoms with E-state index in [4.69, 9.17) is 0 Å². The Bertz CT molecular complexity index is 1130. The molecule has 3 aromatic rings. The van der Waals surface area contributed by atoms with Gasteiger partial charge < -0.3 is 4.90 Å². The molecular formula is C22H26BrN3O3S2. The van der Waals surface area contributed by atoms with E-state index in [-0.39, 0.29) is 24.5 Å². The molecule has 1 amide bonds. The van der Waals surface area contributed by atoms with Gasteiger partial charge in [-0.1, -0.05) is 45.5 Å². The second kappa shape index (κ2) is 10.7. The molecule has 0 saturated carbocycles. The molecule has 1 heterocycles. The minimum Gasteiger partial charge on any atom is -0.309 e. The zero-order valence-corrected chi connectivity index (χ0v) is 20.8. The summed E-state index contributed by atoms with van der Waals surface area (Å²) in [5.41, 5.74) is 0.847. The van der Waals surface area contributed by atoms with Crippen molar-refractivity contribution in [3.8, 4) is 0 Å². The first-order valence-corrected chi connectivity index (χ1v) is 13.3. The maximum absolute atomic E-state index is 13.1. The Labute approximate surface area is 195 Å². The third kappa shape index (κ3) is 6.58. The van der Waals surface area contributed by atoms with Gasteiger partial charge in [0.1, 0.15) is 0 Å². The fraction of sp³-hybridized carbons (Fsp3) is 0.364. The van der Waals surface area contributed by atoms with E-state index in [1.54, 1.807) is 35.2 Å². The Kier molecular flexibility index (Phi) is 8.21. The van der Waals surface area contributed by atoms with Crippen LogP contribution in [0, 0.1) is 0 Å². The standard InChI is InChI=1S/C22H26BrN3O3S2/c1-25(2)13-7-14-26(22-24-19-12-11-17(23)16-20(19)30-22)21(27)10-6-15-31(28,29)18-8-4-3-5-9-18/h3-5,8-9,11-12,16H,6-7,10,13-15H2,1-2H3. The van der Waals surface area contributed by atoms with E-state index in [1.807, 2.05) is 32.3 Å². The largest absolute Gasteiger partial charge is 0.309 e. The van der Waals surface area contributed by atoms with Gasteiger partial charge in [-0.25, -0.2) is 13.4 Å². The fourth-order valence-corrected chi connectivity index (χ4v) is 6.06. The van der Waals surface area contributed by atoms with Crippen LogP contribution in [0.5, 0.6) is 0 Å². The Balaban J connectivity index is 1.71. The van der Waals surface area contributed by atoms with Gasteiger partial charge in [-0.05, 0) is 63.8 Å². The summed E-state index contributed by atoms with van der Waals surface area (Å²) < 4.78 is 27.0. The molecular weight excluding hydrogens is 498 g/mol. The van der Waals surface area contributed by atoms with Gasteiger partial charge >= 0.3 is 0 Å². The number of carbonyl (C=O) groups is 1. The van der Waals surface area contributed by atoms with Crippen molar-refractivity contribution in [1.82, 2.24) is 9.88 Å². The van der Waals surface area contributed by atoms with Crippen molar-refractivity contribution in [2.45, 2.75) is 24.2 Å². The average molecular weight is 525 g/mol. The van der Waals surface area contributed by atoms with Gasteiger partial charge in [0.15, 0.2) is 15.0 Å². The summed E-state index contributed by atoms with van der Waals surface area (Å²) in [5, 5.41) is 0.655. The normalized spacial score (nSPS) is 11.9. The molecule has 0 bridgehead atoms. The molecule has 2 aromatic carbocycles. The Morgan fingerprint density at radius 2 is 1.81 bits per heavy atom. The molecule has 31 heavy (non-hydrogen) atoms. The molecule has 0 aliphatic carbocycles. The van der Waals surface area contributed by atoms with Crippen molar-refractivity contribution in [3.05, 3.63) is 53.0 Å². The smallest absolute Gasteiger partial charge is 0.228 e. The average Bonchev–Trinajstić information content (AvgIpc) is 3.14. The number of rotatable bonds is 10. The number of benzene rings is 2. The lowest BCUT2D eigenvalue weighted by Crippen LogP contribution is -2.33. The van der Waals surface area contributed by atoms with E-state index >= 15 is 0 Å². The number of hydrogen-bond acceptors (Lipinski definition) is 6. The van der Waals surface area contributed by atoms with Crippen LogP contribution < -0.4 is 4.90 Å². The molecule has 166 valence electrons. The van der Waals surface area contributed by atoms with Crippen LogP contribution in [0.4, 0.5) is 5.13 Å². The quantitative estimate of drug-likeness (QED) is 0.388. The number of fused-ring (bicyclic) bond motifs is 1. The predicted molar refractivity (Wildman–Crippen MR) is 131 cm³/mol. The monoisotopic (exact) mass is 523 g/mol. The molecule has 0 spiro atoms. The highest BCUT2D eigenvalue weighted by Gasteiger charge is 2.21. The second-order valence-corrected chi connectivity index (χ2v) is 11.6. The summed E-state index contributed by atoms with van der Waals surface area (Å²) in [4.78, 5) is 21.8. The summed E-state index contributed by atoms with van der Waals surface area (Å²) in [6.45, 7) is 1.39. The summed E-state index contributed by atoms with van der Waals surface area (Å²) >= 11 is 4.95. The van der Waals surface area contributed by atoms with Gasteiger partial charge in [0.05, 0.1) is 20.9 Å². The Morgan fingerprint density at radius 3 is 2.52 bits per heavy atom. The lowest BCUT2D eigenvalue weighted by molar-refractivity contribution is -0.118. The number of thiazole rings is 1. The molecule has 0 unspecified atom stereocenters. The number of nitrogens with zero attached hydrogens (tertiary/aromatic N) is 3. The van der Waals surface area contributed by atoms with Gasteiger partial charge in [0.25, 0.3) is 0 Å². The van der Waals surface area contributed by atoms with Crippen LogP contribution in [0.25, 0.3) is 10.2 Å². The molecule has 1 aromatic heterocycles. The molecule has 0 N–H and O–H groups in total. The lowest BCUT2D eigenvalue weighted by Gasteiger charge is -2.21. The number of hydrogen-bond donors (Lipinski definition) is 0. The van der Waals surface area contributed by atoms with Crippen LogP contribution in [0.15, 0.2) is 57.9 Å². The summed E-state index contributed by atoms with van der Waals surface area (Å²) in [5.74, 6) is -0.152. The van der Waals surface area contributed by atoms with Crippen molar-refractivity contribution in [2.75, 3.05) is 37.8 Å². The van der Waals surface area contributed by atoms with Gasteiger partial charge in [-0.3, -0.25) is 9.69 Å². The third-order valence-corrected chi connectivity index (χ3v) is 8.12. The van der Waals surface area contributed by atoms with E-state index in [9.17, 15) is 13.2 Å². The van der Waals surface area contributed by atoms with Crippen LogP contribution in [-0.2, 0) is 14.6 Å². The zero-order valence-electron chi connectivity index (χ0n) is 17.6. The van der Waals surface area contributed by atoms with Crippen molar-refractivity contribution >= 4 is 58.4 Å². The molecule has 6 nitrogen and oxygen atoms in total. The van der Waals surface area contributed by atoms with E-state index < -0.39 is 9.84 Å². The van der Waals surface area contributed by atoms with Crippen molar-refractivity contribution < 1.29 is 13.2 Å². The topological polar surface area (TPSA) is 70.6 Å². The molecule has 0 radical (unpaired) electrons. The first-order chi connectivity index (χ1) is 14.8. The number of anilines is 1. The number of halogens is 1. The molecule has 9 heteroatoms.